The van der Waals surface area contributed by atoms with Crippen LogP contribution in [-0.4, -0.2) is 32.3 Å². The quantitative estimate of drug-likeness (QED) is 0.871. The molecule has 1 unspecified atom stereocenters. The number of primary sulfonamides is 1. The predicted octanol–water partition coefficient (Wildman–Crippen LogP) is 1.90. The Morgan fingerprint density at radius 3 is 2.53 bits per heavy atom. The Bertz CT molecular complexity index is 537. The standard InChI is InChI=1S/C12H20N2O3S2/c1-4-9(3)7-14(5-2)12(15)10-6-11(18-8-10)19(13,16)17/h6,8-9H,4-5,7H2,1-3H3,(H2,13,16,17). The van der Waals surface area contributed by atoms with Crippen LogP contribution < -0.4 is 5.14 Å². The van der Waals surface area contributed by atoms with Crippen molar-refractivity contribution < 1.29 is 13.2 Å². The molecular weight excluding hydrogens is 284 g/mol. The van der Waals surface area contributed by atoms with E-state index in [-0.39, 0.29) is 10.1 Å². The highest BCUT2D eigenvalue weighted by molar-refractivity contribution is 7.91. The number of hydrogen-bond donors (Lipinski definition) is 1. The number of hydrogen-bond acceptors (Lipinski definition) is 4. The van der Waals surface area contributed by atoms with E-state index in [9.17, 15) is 13.2 Å². The normalized spacial score (nSPS) is 13.3. The lowest BCUT2D eigenvalue weighted by molar-refractivity contribution is 0.0741. The van der Waals surface area contributed by atoms with Crippen LogP contribution in [0.4, 0.5) is 0 Å². The Kier molecular flexibility index (Phi) is 5.51. The van der Waals surface area contributed by atoms with Gasteiger partial charge in [0.1, 0.15) is 4.21 Å². The van der Waals surface area contributed by atoms with Crippen LogP contribution in [-0.2, 0) is 10.0 Å². The van der Waals surface area contributed by atoms with Gasteiger partial charge >= 0.3 is 0 Å². The fraction of sp³-hybridized carbons (Fsp3) is 0.583. The summed E-state index contributed by atoms with van der Waals surface area (Å²) in [4.78, 5) is 14.0. The van der Waals surface area contributed by atoms with Gasteiger partial charge in [-0.3, -0.25) is 4.79 Å². The number of thiophene rings is 1. The lowest BCUT2D eigenvalue weighted by atomic mass is 10.1. The van der Waals surface area contributed by atoms with E-state index in [1.54, 1.807) is 10.3 Å². The minimum atomic E-state index is -3.73. The predicted molar refractivity (Wildman–Crippen MR) is 76.7 cm³/mol. The van der Waals surface area contributed by atoms with Gasteiger partial charge in [-0.15, -0.1) is 11.3 Å². The van der Waals surface area contributed by atoms with Crippen LogP contribution in [0, 0.1) is 5.92 Å². The summed E-state index contributed by atoms with van der Waals surface area (Å²) in [7, 11) is -3.73. The molecule has 0 radical (unpaired) electrons. The van der Waals surface area contributed by atoms with Crippen molar-refractivity contribution in [3.8, 4) is 0 Å². The van der Waals surface area contributed by atoms with Gasteiger partial charge in [0.05, 0.1) is 5.56 Å². The van der Waals surface area contributed by atoms with E-state index < -0.39 is 10.0 Å². The maximum atomic E-state index is 12.3. The van der Waals surface area contributed by atoms with Crippen molar-refractivity contribution in [1.82, 2.24) is 4.90 Å². The van der Waals surface area contributed by atoms with Gasteiger partial charge < -0.3 is 4.90 Å². The molecule has 1 aromatic rings. The first-order valence-corrected chi connectivity index (χ1v) is 8.62. The second kappa shape index (κ2) is 6.49. The zero-order valence-electron chi connectivity index (χ0n) is 11.4. The summed E-state index contributed by atoms with van der Waals surface area (Å²) in [6.45, 7) is 7.34. The van der Waals surface area contributed by atoms with Gasteiger partial charge in [0.2, 0.25) is 10.0 Å². The molecule has 0 aliphatic rings. The maximum Gasteiger partial charge on any atom is 0.254 e. The molecule has 0 aromatic carbocycles. The van der Waals surface area contributed by atoms with Gasteiger partial charge in [0, 0.05) is 18.5 Å². The minimum Gasteiger partial charge on any atom is -0.339 e. The summed E-state index contributed by atoms with van der Waals surface area (Å²) in [5.74, 6) is 0.272. The average molecular weight is 304 g/mol. The van der Waals surface area contributed by atoms with Crippen LogP contribution >= 0.6 is 11.3 Å². The van der Waals surface area contributed by atoms with E-state index in [2.05, 4.69) is 13.8 Å². The number of rotatable bonds is 6. The van der Waals surface area contributed by atoms with Crippen LogP contribution in [0.25, 0.3) is 0 Å². The smallest absolute Gasteiger partial charge is 0.254 e. The number of amides is 1. The molecule has 1 heterocycles. The second-order valence-electron chi connectivity index (χ2n) is 4.56. The van der Waals surface area contributed by atoms with Gasteiger partial charge in [-0.1, -0.05) is 20.3 Å². The minimum absolute atomic E-state index is 0.0236. The van der Waals surface area contributed by atoms with E-state index in [1.165, 1.54) is 6.07 Å². The van der Waals surface area contributed by atoms with E-state index >= 15 is 0 Å². The molecular formula is C12H20N2O3S2. The zero-order chi connectivity index (χ0) is 14.6. The molecule has 0 spiro atoms. The summed E-state index contributed by atoms with van der Waals surface area (Å²) in [6.07, 6.45) is 0.996. The molecule has 0 saturated carbocycles. The first kappa shape index (κ1) is 16.1. The lowest BCUT2D eigenvalue weighted by Gasteiger charge is -2.23. The van der Waals surface area contributed by atoms with E-state index in [4.69, 9.17) is 5.14 Å². The molecule has 1 aromatic heterocycles. The maximum absolute atomic E-state index is 12.3. The van der Waals surface area contributed by atoms with Crippen molar-refractivity contribution in [2.24, 2.45) is 11.1 Å². The van der Waals surface area contributed by atoms with E-state index in [1.807, 2.05) is 6.92 Å². The summed E-state index contributed by atoms with van der Waals surface area (Å²) < 4.78 is 22.4. The molecule has 19 heavy (non-hydrogen) atoms. The molecule has 0 aliphatic heterocycles. The number of sulfonamides is 1. The molecule has 2 N–H and O–H groups in total. The van der Waals surface area contributed by atoms with Gasteiger partial charge in [-0.2, -0.15) is 0 Å². The summed E-state index contributed by atoms with van der Waals surface area (Å²) in [6, 6.07) is 1.35. The Morgan fingerprint density at radius 2 is 2.11 bits per heavy atom. The Balaban J connectivity index is 2.89. The molecule has 0 saturated heterocycles. The van der Waals surface area contributed by atoms with Crippen LogP contribution in [0.1, 0.15) is 37.6 Å². The highest BCUT2D eigenvalue weighted by Gasteiger charge is 2.20. The molecule has 5 nitrogen and oxygen atoms in total. The fourth-order valence-corrected chi connectivity index (χ4v) is 3.20. The van der Waals surface area contributed by atoms with Gasteiger partial charge in [0.25, 0.3) is 5.91 Å². The SMILES string of the molecule is CCC(C)CN(CC)C(=O)c1csc(S(N)(=O)=O)c1. The first-order valence-electron chi connectivity index (χ1n) is 6.20. The van der Waals surface area contributed by atoms with E-state index in [0.717, 1.165) is 17.8 Å². The summed E-state index contributed by atoms with van der Waals surface area (Å²) in [5.41, 5.74) is 0.388. The van der Waals surface area contributed by atoms with Crippen LogP contribution in [0.5, 0.6) is 0 Å². The van der Waals surface area contributed by atoms with Crippen molar-refractivity contribution in [2.45, 2.75) is 31.4 Å². The Hall–Kier alpha value is -0.920. The van der Waals surface area contributed by atoms with Crippen LogP contribution in [0.15, 0.2) is 15.7 Å². The van der Waals surface area contributed by atoms with Gasteiger partial charge in [-0.05, 0) is 18.9 Å². The average Bonchev–Trinajstić information content (AvgIpc) is 2.84. The molecule has 0 bridgehead atoms. The van der Waals surface area contributed by atoms with Crippen LogP contribution in [0.2, 0.25) is 0 Å². The third-order valence-electron chi connectivity index (χ3n) is 3.00. The van der Waals surface area contributed by atoms with Crippen molar-refractivity contribution in [3.63, 3.8) is 0 Å². The molecule has 1 amide bonds. The highest BCUT2D eigenvalue weighted by atomic mass is 32.2. The summed E-state index contributed by atoms with van der Waals surface area (Å²) >= 11 is 0.977. The van der Waals surface area contributed by atoms with Gasteiger partial charge in [-0.25, -0.2) is 13.6 Å². The monoisotopic (exact) mass is 304 g/mol. The fourth-order valence-electron chi connectivity index (χ4n) is 1.62. The van der Waals surface area contributed by atoms with Crippen molar-refractivity contribution >= 4 is 27.3 Å². The summed E-state index contributed by atoms with van der Waals surface area (Å²) in [5, 5.41) is 6.58. The molecule has 108 valence electrons. The van der Waals surface area contributed by atoms with Gasteiger partial charge in [0.15, 0.2) is 0 Å². The topological polar surface area (TPSA) is 80.5 Å². The second-order valence-corrected chi connectivity index (χ2v) is 7.26. The molecule has 7 heteroatoms. The number of carbonyl (C=O) groups excluding carboxylic acids is 1. The lowest BCUT2D eigenvalue weighted by Crippen LogP contribution is -2.34. The van der Waals surface area contributed by atoms with Crippen molar-refractivity contribution in [3.05, 3.63) is 17.0 Å². The Morgan fingerprint density at radius 1 is 1.47 bits per heavy atom. The van der Waals surface area contributed by atoms with Crippen molar-refractivity contribution in [1.29, 1.82) is 0 Å². The number of carbonyl (C=O) groups is 1. The molecule has 0 fully saturated rings. The Labute approximate surface area is 118 Å². The number of nitrogens with zero attached hydrogens (tertiary/aromatic N) is 1. The molecule has 0 aliphatic carbocycles. The zero-order valence-corrected chi connectivity index (χ0v) is 13.1. The third kappa shape index (κ3) is 4.29. The highest BCUT2D eigenvalue weighted by Crippen LogP contribution is 2.20. The number of nitrogens with two attached hydrogens (primary N) is 1. The largest absolute Gasteiger partial charge is 0.339 e. The first-order chi connectivity index (χ1) is 8.79. The molecule has 1 rings (SSSR count). The van der Waals surface area contributed by atoms with Crippen LogP contribution in [0.3, 0.4) is 0 Å². The third-order valence-corrected chi connectivity index (χ3v) is 5.39. The molecule has 1 atom stereocenters. The van der Waals surface area contributed by atoms with Crippen molar-refractivity contribution in [2.75, 3.05) is 13.1 Å². The van der Waals surface area contributed by atoms with E-state index in [0.29, 0.717) is 24.6 Å².